The van der Waals surface area contributed by atoms with Crippen LogP contribution >= 0.6 is 11.6 Å². The second-order valence-corrected chi connectivity index (χ2v) is 8.45. The summed E-state index contributed by atoms with van der Waals surface area (Å²) in [6.45, 7) is 7.24. The zero-order chi connectivity index (χ0) is 15.8. The molecule has 118 valence electrons. The summed E-state index contributed by atoms with van der Waals surface area (Å²) in [6, 6.07) is 3.08. The van der Waals surface area contributed by atoms with Crippen molar-refractivity contribution in [2.75, 3.05) is 18.8 Å². The zero-order valence-electron chi connectivity index (χ0n) is 12.8. The van der Waals surface area contributed by atoms with E-state index in [2.05, 4.69) is 13.8 Å². The molecule has 1 heterocycles. The summed E-state index contributed by atoms with van der Waals surface area (Å²) in [4.78, 5) is 0.232. The summed E-state index contributed by atoms with van der Waals surface area (Å²) < 4.78 is 27.2. The van der Waals surface area contributed by atoms with Gasteiger partial charge in [0.1, 0.15) is 0 Å². The molecule has 0 radical (unpaired) electrons. The Labute approximate surface area is 132 Å². The Morgan fingerprint density at radius 3 is 2.38 bits per heavy atom. The van der Waals surface area contributed by atoms with Crippen LogP contribution < -0.4 is 5.73 Å². The minimum Gasteiger partial charge on any atom is -0.398 e. The normalized spacial score (nSPS) is 18.3. The Morgan fingerprint density at radius 1 is 1.29 bits per heavy atom. The Hall–Kier alpha value is -0.780. The van der Waals surface area contributed by atoms with Gasteiger partial charge in [-0.1, -0.05) is 25.4 Å². The number of rotatable bonds is 3. The van der Waals surface area contributed by atoms with Gasteiger partial charge in [0.2, 0.25) is 10.0 Å². The average molecular weight is 331 g/mol. The van der Waals surface area contributed by atoms with E-state index in [1.165, 1.54) is 6.07 Å². The maximum absolute atomic E-state index is 12.8. The number of sulfonamides is 1. The molecule has 2 N–H and O–H groups in total. The van der Waals surface area contributed by atoms with Crippen LogP contribution in [-0.2, 0) is 10.0 Å². The third kappa shape index (κ3) is 3.35. The summed E-state index contributed by atoms with van der Waals surface area (Å²) in [6.07, 6.45) is 1.82. The van der Waals surface area contributed by atoms with Crippen LogP contribution in [0, 0.1) is 18.8 Å². The van der Waals surface area contributed by atoms with E-state index in [1.54, 1.807) is 17.3 Å². The van der Waals surface area contributed by atoms with Crippen LogP contribution in [0.15, 0.2) is 17.0 Å². The molecule has 2 rings (SSSR count). The summed E-state index contributed by atoms with van der Waals surface area (Å²) in [5, 5.41) is 0.355. The predicted octanol–water partition coefficient (Wildman–Crippen LogP) is 3.29. The minimum absolute atomic E-state index is 0.232. The third-order valence-corrected chi connectivity index (χ3v) is 6.67. The monoisotopic (exact) mass is 330 g/mol. The number of nitrogens with two attached hydrogens (primary N) is 1. The molecule has 0 aromatic heterocycles. The molecule has 0 unspecified atom stereocenters. The number of hydrogen-bond donors (Lipinski definition) is 1. The Kier molecular flexibility index (Phi) is 4.85. The van der Waals surface area contributed by atoms with E-state index in [9.17, 15) is 8.42 Å². The SMILES string of the molecule is Cc1c(N)cc(Cl)cc1S(=O)(=O)N1CCC(C(C)C)CC1. The van der Waals surface area contributed by atoms with Crippen LogP contribution in [-0.4, -0.2) is 25.8 Å². The maximum Gasteiger partial charge on any atom is 0.243 e. The van der Waals surface area contributed by atoms with E-state index in [0.29, 0.717) is 41.2 Å². The Bertz CT molecular complexity index is 621. The number of anilines is 1. The summed E-state index contributed by atoms with van der Waals surface area (Å²) >= 11 is 5.97. The summed E-state index contributed by atoms with van der Waals surface area (Å²) in [7, 11) is -3.52. The third-order valence-electron chi connectivity index (χ3n) is 4.42. The fourth-order valence-corrected chi connectivity index (χ4v) is 4.91. The fourth-order valence-electron chi connectivity index (χ4n) is 2.86. The van der Waals surface area contributed by atoms with E-state index < -0.39 is 10.0 Å². The highest BCUT2D eigenvalue weighted by atomic mass is 35.5. The summed E-state index contributed by atoms with van der Waals surface area (Å²) in [5.41, 5.74) is 6.83. The van der Waals surface area contributed by atoms with Gasteiger partial charge in [0.25, 0.3) is 0 Å². The highest BCUT2D eigenvalue weighted by Gasteiger charge is 2.31. The molecule has 1 aromatic rings. The number of piperidine rings is 1. The quantitative estimate of drug-likeness (QED) is 0.865. The van der Waals surface area contributed by atoms with E-state index in [4.69, 9.17) is 17.3 Å². The molecule has 21 heavy (non-hydrogen) atoms. The maximum atomic E-state index is 12.8. The van der Waals surface area contributed by atoms with Gasteiger partial charge in [-0.05, 0) is 49.3 Å². The van der Waals surface area contributed by atoms with Crippen molar-refractivity contribution in [3.63, 3.8) is 0 Å². The van der Waals surface area contributed by atoms with Crippen LogP contribution in [0.2, 0.25) is 5.02 Å². The number of hydrogen-bond acceptors (Lipinski definition) is 3. The molecule has 0 bridgehead atoms. The topological polar surface area (TPSA) is 63.4 Å². The highest BCUT2D eigenvalue weighted by Crippen LogP contribution is 2.32. The molecule has 0 aliphatic carbocycles. The van der Waals surface area contributed by atoms with Crippen molar-refractivity contribution < 1.29 is 8.42 Å². The van der Waals surface area contributed by atoms with Crippen molar-refractivity contribution in [3.8, 4) is 0 Å². The number of nitrogens with zero attached hydrogens (tertiary/aromatic N) is 1. The van der Waals surface area contributed by atoms with Crippen LogP contribution in [0.5, 0.6) is 0 Å². The van der Waals surface area contributed by atoms with E-state index >= 15 is 0 Å². The minimum atomic E-state index is -3.52. The summed E-state index contributed by atoms with van der Waals surface area (Å²) in [5.74, 6) is 1.19. The van der Waals surface area contributed by atoms with Crippen molar-refractivity contribution in [2.45, 2.75) is 38.5 Å². The van der Waals surface area contributed by atoms with Gasteiger partial charge in [-0.25, -0.2) is 8.42 Å². The lowest BCUT2D eigenvalue weighted by Crippen LogP contribution is -2.39. The van der Waals surface area contributed by atoms with Crippen molar-refractivity contribution in [3.05, 3.63) is 22.7 Å². The number of halogens is 1. The van der Waals surface area contributed by atoms with Gasteiger partial charge in [-0.15, -0.1) is 0 Å². The first-order chi connectivity index (χ1) is 9.73. The Balaban J connectivity index is 2.28. The predicted molar refractivity (Wildman–Crippen MR) is 86.9 cm³/mol. The van der Waals surface area contributed by atoms with Crippen molar-refractivity contribution in [1.29, 1.82) is 0 Å². The molecule has 0 amide bonds. The van der Waals surface area contributed by atoms with Gasteiger partial charge in [0.15, 0.2) is 0 Å². The van der Waals surface area contributed by atoms with Crippen molar-refractivity contribution in [2.24, 2.45) is 11.8 Å². The van der Waals surface area contributed by atoms with Gasteiger partial charge in [-0.3, -0.25) is 0 Å². The van der Waals surface area contributed by atoms with Gasteiger partial charge in [0.05, 0.1) is 4.90 Å². The fraction of sp³-hybridized carbons (Fsp3) is 0.600. The van der Waals surface area contributed by atoms with Gasteiger partial charge in [-0.2, -0.15) is 4.31 Å². The first-order valence-electron chi connectivity index (χ1n) is 7.29. The van der Waals surface area contributed by atoms with Crippen molar-refractivity contribution >= 4 is 27.3 Å². The van der Waals surface area contributed by atoms with Crippen LogP contribution in [0.1, 0.15) is 32.3 Å². The van der Waals surface area contributed by atoms with Gasteiger partial charge >= 0.3 is 0 Å². The largest absolute Gasteiger partial charge is 0.398 e. The van der Waals surface area contributed by atoms with Crippen molar-refractivity contribution in [1.82, 2.24) is 4.31 Å². The Morgan fingerprint density at radius 2 is 1.86 bits per heavy atom. The molecule has 6 heteroatoms. The molecule has 1 fully saturated rings. The van der Waals surface area contributed by atoms with Crippen LogP contribution in [0.4, 0.5) is 5.69 Å². The smallest absolute Gasteiger partial charge is 0.243 e. The van der Waals surface area contributed by atoms with E-state index in [-0.39, 0.29) is 4.90 Å². The molecule has 0 spiro atoms. The zero-order valence-corrected chi connectivity index (χ0v) is 14.3. The lowest BCUT2D eigenvalue weighted by Gasteiger charge is -2.33. The molecule has 1 aliphatic rings. The number of nitrogen functional groups attached to an aromatic ring is 1. The second-order valence-electron chi connectivity index (χ2n) is 6.10. The lowest BCUT2D eigenvalue weighted by molar-refractivity contribution is 0.226. The molecular formula is C15H23ClN2O2S. The molecule has 1 aliphatic heterocycles. The van der Waals surface area contributed by atoms with Crippen LogP contribution in [0.25, 0.3) is 0 Å². The molecule has 4 nitrogen and oxygen atoms in total. The molecule has 1 aromatic carbocycles. The van der Waals surface area contributed by atoms with E-state index in [1.807, 2.05) is 0 Å². The standard InChI is InChI=1S/C15H23ClN2O2S/c1-10(2)12-4-6-18(7-5-12)21(19,20)15-9-13(16)8-14(17)11(15)3/h8-10,12H,4-7,17H2,1-3H3. The molecular weight excluding hydrogens is 308 g/mol. The van der Waals surface area contributed by atoms with Gasteiger partial charge in [0, 0.05) is 23.8 Å². The first kappa shape index (κ1) is 16.6. The first-order valence-corrected chi connectivity index (χ1v) is 9.11. The van der Waals surface area contributed by atoms with E-state index in [0.717, 1.165) is 12.8 Å². The molecule has 0 atom stereocenters. The molecule has 1 saturated heterocycles. The van der Waals surface area contributed by atoms with Gasteiger partial charge < -0.3 is 5.73 Å². The molecule has 0 saturated carbocycles. The highest BCUT2D eigenvalue weighted by molar-refractivity contribution is 7.89. The van der Waals surface area contributed by atoms with Crippen LogP contribution in [0.3, 0.4) is 0 Å². The lowest BCUT2D eigenvalue weighted by atomic mass is 9.87. The second kappa shape index (κ2) is 6.15. The number of benzene rings is 1. The average Bonchev–Trinajstić information content (AvgIpc) is 2.42.